The van der Waals surface area contributed by atoms with Gasteiger partial charge < -0.3 is 14.2 Å². The first kappa shape index (κ1) is 28.2. The van der Waals surface area contributed by atoms with E-state index in [-0.39, 0.29) is 19.8 Å². The predicted octanol–water partition coefficient (Wildman–Crippen LogP) is 2.05. The highest BCUT2D eigenvalue weighted by atomic mass is 32.2. The molecule has 1 aromatic heterocycles. The zero-order chi connectivity index (χ0) is 27.9. The van der Waals surface area contributed by atoms with Gasteiger partial charge in [0.25, 0.3) is 15.7 Å². The van der Waals surface area contributed by atoms with Gasteiger partial charge >= 0.3 is 5.69 Å². The second-order valence-electron chi connectivity index (χ2n) is 8.85. The van der Waals surface area contributed by atoms with E-state index >= 15 is 0 Å². The highest BCUT2D eigenvalue weighted by molar-refractivity contribution is 7.86. The van der Waals surface area contributed by atoms with E-state index in [0.29, 0.717) is 0 Å². The van der Waals surface area contributed by atoms with Crippen molar-refractivity contribution in [3.05, 3.63) is 115 Å². The van der Waals surface area contributed by atoms with Crippen LogP contribution in [0.4, 0.5) is 0 Å². The molecule has 14 heteroatoms. The molecule has 39 heavy (non-hydrogen) atoms. The summed E-state index contributed by atoms with van der Waals surface area (Å²) in [6, 6.07) is 19.5. The number of aromatic nitrogens is 2. The molecule has 0 bridgehead atoms. The van der Waals surface area contributed by atoms with Crippen LogP contribution >= 0.6 is 0 Å². The summed E-state index contributed by atoms with van der Waals surface area (Å²) >= 11 is 0. The molecule has 1 aliphatic heterocycles. The number of H-pyrrole nitrogens is 1. The molecule has 2 heterocycles. The number of aromatic amines is 1. The molecule has 0 amide bonds. The van der Waals surface area contributed by atoms with Crippen molar-refractivity contribution in [3.8, 4) is 0 Å². The van der Waals surface area contributed by atoms with Crippen LogP contribution in [-0.4, -0.2) is 55.7 Å². The predicted molar refractivity (Wildman–Crippen MR) is 139 cm³/mol. The molecule has 2 aromatic carbocycles. The largest absolute Gasteiger partial charge is 0.374 e. The van der Waals surface area contributed by atoms with E-state index in [4.69, 9.17) is 23.9 Å². The number of nitrogens with zero attached hydrogens (tertiary/aromatic N) is 4. The minimum atomic E-state index is -4.16. The summed E-state index contributed by atoms with van der Waals surface area (Å²) in [5.74, 6) is 0. The van der Waals surface area contributed by atoms with Crippen LogP contribution in [0.25, 0.3) is 10.4 Å². The van der Waals surface area contributed by atoms with Crippen molar-refractivity contribution in [2.75, 3.05) is 19.4 Å². The zero-order valence-electron chi connectivity index (χ0n) is 21.0. The van der Waals surface area contributed by atoms with Gasteiger partial charge in [-0.2, -0.15) is 8.42 Å². The third-order valence-electron chi connectivity index (χ3n) is 6.01. The Labute approximate surface area is 223 Å². The lowest BCUT2D eigenvalue weighted by Crippen LogP contribution is -2.55. The Hall–Kier alpha value is -3.78. The highest BCUT2D eigenvalue weighted by Crippen LogP contribution is 2.40. The maximum absolute atomic E-state index is 12.9. The molecular formula is C25H27N5O8S. The van der Waals surface area contributed by atoms with Gasteiger partial charge in [-0.3, -0.25) is 18.5 Å². The van der Waals surface area contributed by atoms with Crippen molar-refractivity contribution in [1.82, 2.24) is 9.55 Å². The fourth-order valence-electron chi connectivity index (χ4n) is 4.37. The fourth-order valence-corrected chi connectivity index (χ4v) is 5.01. The van der Waals surface area contributed by atoms with Crippen LogP contribution in [0.3, 0.4) is 0 Å². The second-order valence-corrected chi connectivity index (χ2v) is 10.5. The van der Waals surface area contributed by atoms with Crippen LogP contribution < -0.4 is 11.2 Å². The lowest BCUT2D eigenvalue weighted by Gasteiger charge is -2.34. The van der Waals surface area contributed by atoms with Crippen LogP contribution in [-0.2, 0) is 47.5 Å². The van der Waals surface area contributed by atoms with Gasteiger partial charge in [-0.15, -0.1) is 0 Å². The van der Waals surface area contributed by atoms with Crippen LogP contribution in [0.5, 0.6) is 0 Å². The van der Waals surface area contributed by atoms with Crippen molar-refractivity contribution in [3.63, 3.8) is 0 Å². The number of rotatable bonds is 12. The van der Waals surface area contributed by atoms with Gasteiger partial charge in [-0.05, 0) is 16.7 Å². The Morgan fingerprint density at radius 1 is 1.05 bits per heavy atom. The summed E-state index contributed by atoms with van der Waals surface area (Å²) in [6.07, 6.45) is -1.63. The molecule has 0 radical (unpaired) electrons. The van der Waals surface area contributed by atoms with Crippen molar-refractivity contribution in [2.24, 2.45) is 5.11 Å². The standard InChI is InChI=1S/C25H27N5O8S/c1-39(33,34)38-23-22(36-15-19-10-6-3-7-11-19)20(16-35-14-18-8-4-2-5-9-18)37-25(23,17-27-29-26)30-13-12-21(31)28-24(30)32/h2-13,20,22-23H,14-17H2,1H3,(H,28,31,32)/t20-,22-,23+,25-/m1/s1. The Balaban J connectivity index is 1.76. The molecule has 0 spiro atoms. The summed E-state index contributed by atoms with van der Waals surface area (Å²) in [6.45, 7) is -0.387. The number of hydrogen-bond acceptors (Lipinski definition) is 9. The first-order valence-electron chi connectivity index (χ1n) is 11.9. The normalized spacial score (nSPS) is 22.8. The second kappa shape index (κ2) is 12.4. The monoisotopic (exact) mass is 557 g/mol. The van der Waals surface area contributed by atoms with Crippen molar-refractivity contribution in [2.45, 2.75) is 37.3 Å². The van der Waals surface area contributed by atoms with Crippen molar-refractivity contribution >= 4 is 10.1 Å². The molecule has 206 valence electrons. The van der Waals surface area contributed by atoms with Crippen LogP contribution in [0.1, 0.15) is 11.1 Å². The third kappa shape index (κ3) is 7.00. The molecule has 1 fully saturated rings. The van der Waals surface area contributed by atoms with E-state index in [1.807, 2.05) is 60.7 Å². The van der Waals surface area contributed by atoms with Gasteiger partial charge in [0.15, 0.2) is 11.8 Å². The molecule has 0 aliphatic carbocycles. The molecule has 3 aromatic rings. The summed E-state index contributed by atoms with van der Waals surface area (Å²) in [5, 5.41) is 3.59. The van der Waals surface area contributed by atoms with E-state index in [0.717, 1.165) is 34.2 Å². The average molecular weight is 558 g/mol. The quantitative estimate of drug-likeness (QED) is 0.152. The molecular weight excluding hydrogens is 530 g/mol. The van der Waals surface area contributed by atoms with E-state index in [2.05, 4.69) is 15.0 Å². The molecule has 1 saturated heterocycles. The fraction of sp³-hybridized carbons (Fsp3) is 0.360. The van der Waals surface area contributed by atoms with Crippen molar-refractivity contribution < 1.29 is 26.8 Å². The molecule has 0 saturated carbocycles. The molecule has 13 nitrogen and oxygen atoms in total. The summed E-state index contributed by atoms with van der Waals surface area (Å²) in [4.78, 5) is 29.6. The van der Waals surface area contributed by atoms with Gasteiger partial charge in [0.1, 0.15) is 12.2 Å². The van der Waals surface area contributed by atoms with Crippen LogP contribution in [0.15, 0.2) is 87.6 Å². The Morgan fingerprint density at radius 2 is 1.69 bits per heavy atom. The van der Waals surface area contributed by atoms with Gasteiger partial charge in [-0.1, -0.05) is 65.8 Å². The molecule has 1 N–H and O–H groups in total. The van der Waals surface area contributed by atoms with Gasteiger partial charge in [0, 0.05) is 17.2 Å². The lowest BCUT2D eigenvalue weighted by atomic mass is 10.0. The summed E-state index contributed by atoms with van der Waals surface area (Å²) < 4.78 is 49.6. The Morgan fingerprint density at radius 3 is 2.28 bits per heavy atom. The molecule has 4 atom stereocenters. The highest BCUT2D eigenvalue weighted by Gasteiger charge is 2.59. The first-order chi connectivity index (χ1) is 18.7. The number of ether oxygens (including phenoxy) is 3. The third-order valence-corrected chi connectivity index (χ3v) is 6.57. The lowest BCUT2D eigenvalue weighted by molar-refractivity contribution is -0.143. The maximum Gasteiger partial charge on any atom is 0.330 e. The maximum atomic E-state index is 12.9. The minimum absolute atomic E-state index is 0.0474. The average Bonchev–Trinajstić information content (AvgIpc) is 3.18. The minimum Gasteiger partial charge on any atom is -0.374 e. The molecule has 4 rings (SSSR count). The first-order valence-corrected chi connectivity index (χ1v) is 13.7. The van der Waals surface area contributed by atoms with Gasteiger partial charge in [0.05, 0.1) is 32.6 Å². The van der Waals surface area contributed by atoms with Crippen molar-refractivity contribution in [1.29, 1.82) is 0 Å². The van der Waals surface area contributed by atoms with E-state index < -0.39 is 51.9 Å². The number of hydrogen-bond donors (Lipinski definition) is 1. The molecule has 1 aliphatic rings. The van der Waals surface area contributed by atoms with E-state index in [9.17, 15) is 18.0 Å². The topological polar surface area (TPSA) is 175 Å². The Kier molecular flexibility index (Phi) is 8.97. The van der Waals surface area contributed by atoms with Gasteiger partial charge in [-0.25, -0.2) is 4.79 Å². The SMILES string of the molecule is CS(=O)(=O)O[C@H]1[C@H](OCc2ccccc2)[C@@H](COCc2ccccc2)O[C@@]1(CN=[N+]=[N-])n1ccc(=O)[nH]c1=O. The van der Waals surface area contributed by atoms with Gasteiger partial charge in [0.2, 0.25) is 0 Å². The number of azide groups is 1. The number of benzene rings is 2. The zero-order valence-corrected chi connectivity index (χ0v) is 21.8. The van der Waals surface area contributed by atoms with Crippen LogP contribution in [0, 0.1) is 0 Å². The summed E-state index contributed by atoms with van der Waals surface area (Å²) in [7, 11) is -4.16. The summed E-state index contributed by atoms with van der Waals surface area (Å²) in [5.41, 5.74) is 7.17. The van der Waals surface area contributed by atoms with Crippen LogP contribution in [0.2, 0.25) is 0 Å². The smallest absolute Gasteiger partial charge is 0.330 e. The Bertz CT molecular complexity index is 1520. The van der Waals surface area contributed by atoms with E-state index in [1.54, 1.807) is 0 Å². The van der Waals surface area contributed by atoms with E-state index in [1.165, 1.54) is 0 Å². The molecule has 0 unspecified atom stereocenters. The number of nitrogens with one attached hydrogen (secondary N) is 1.